The number of rotatable bonds is 4. The fourth-order valence-corrected chi connectivity index (χ4v) is 3.51. The number of fused-ring (bicyclic) bond motifs is 1. The quantitative estimate of drug-likeness (QED) is 0.740. The molecule has 0 atom stereocenters. The third-order valence-corrected chi connectivity index (χ3v) is 5.04. The summed E-state index contributed by atoms with van der Waals surface area (Å²) in [6, 6.07) is 7.18. The Morgan fingerprint density at radius 3 is 2.67 bits per heavy atom. The Balaban J connectivity index is 1.56. The molecule has 0 saturated heterocycles. The molecule has 1 saturated carbocycles. The molecule has 2 aromatic heterocycles. The number of hydrogen-bond donors (Lipinski definition) is 1. The van der Waals surface area contributed by atoms with Crippen LogP contribution in [0, 0.1) is 0 Å². The van der Waals surface area contributed by atoms with Gasteiger partial charge in [-0.2, -0.15) is 4.68 Å². The van der Waals surface area contributed by atoms with Crippen LogP contribution >= 0.6 is 11.6 Å². The van der Waals surface area contributed by atoms with E-state index in [1.54, 1.807) is 24.3 Å². The standard InChI is InChI=1S/C18H19ClN6O2/c19-12-6-8-14(9-7-12)25-17-16(22-23-25)18(27)24(11-20-17)10-15(26)21-13-4-2-1-3-5-13/h6-9,11,13H,1-5,10H2,(H,21,26). The third kappa shape index (κ3) is 3.71. The van der Waals surface area contributed by atoms with Crippen molar-refractivity contribution in [1.29, 1.82) is 0 Å². The largest absolute Gasteiger partial charge is 0.352 e. The summed E-state index contributed by atoms with van der Waals surface area (Å²) in [4.78, 5) is 29.2. The van der Waals surface area contributed by atoms with Crippen LogP contribution in [0.4, 0.5) is 0 Å². The van der Waals surface area contributed by atoms with Gasteiger partial charge in [0.1, 0.15) is 12.9 Å². The maximum absolute atomic E-state index is 12.7. The second kappa shape index (κ2) is 7.48. The third-order valence-electron chi connectivity index (χ3n) is 4.78. The van der Waals surface area contributed by atoms with E-state index in [4.69, 9.17) is 11.6 Å². The highest BCUT2D eigenvalue weighted by Crippen LogP contribution is 2.17. The van der Waals surface area contributed by atoms with Crippen molar-refractivity contribution in [1.82, 2.24) is 29.9 Å². The number of aromatic nitrogens is 5. The van der Waals surface area contributed by atoms with Gasteiger partial charge >= 0.3 is 0 Å². The van der Waals surface area contributed by atoms with E-state index in [1.807, 2.05) is 0 Å². The summed E-state index contributed by atoms with van der Waals surface area (Å²) in [5.41, 5.74) is 0.768. The van der Waals surface area contributed by atoms with Crippen LogP contribution in [-0.4, -0.2) is 36.5 Å². The smallest absolute Gasteiger partial charge is 0.284 e. The maximum Gasteiger partial charge on any atom is 0.284 e. The second-order valence-electron chi connectivity index (χ2n) is 6.73. The van der Waals surface area contributed by atoms with Crippen molar-refractivity contribution >= 4 is 28.7 Å². The Morgan fingerprint density at radius 1 is 1.19 bits per heavy atom. The Hall–Kier alpha value is -2.74. The van der Waals surface area contributed by atoms with Gasteiger partial charge < -0.3 is 5.32 Å². The lowest BCUT2D eigenvalue weighted by atomic mass is 9.95. The van der Waals surface area contributed by atoms with E-state index in [0.29, 0.717) is 16.4 Å². The van der Waals surface area contributed by atoms with E-state index in [9.17, 15) is 9.59 Å². The molecule has 1 aliphatic rings. The van der Waals surface area contributed by atoms with Crippen LogP contribution in [0.25, 0.3) is 16.9 Å². The molecule has 1 amide bonds. The molecule has 1 N–H and O–H groups in total. The van der Waals surface area contributed by atoms with E-state index in [0.717, 1.165) is 25.7 Å². The van der Waals surface area contributed by atoms with Crippen LogP contribution in [0.3, 0.4) is 0 Å². The zero-order chi connectivity index (χ0) is 18.8. The fourth-order valence-electron chi connectivity index (χ4n) is 3.39. The molecule has 140 valence electrons. The molecule has 8 nitrogen and oxygen atoms in total. The Bertz CT molecular complexity index is 1020. The average Bonchev–Trinajstić information content (AvgIpc) is 3.10. The molecule has 1 fully saturated rings. The molecular weight excluding hydrogens is 368 g/mol. The Morgan fingerprint density at radius 2 is 1.93 bits per heavy atom. The number of hydrogen-bond acceptors (Lipinski definition) is 5. The van der Waals surface area contributed by atoms with Gasteiger partial charge in [0.2, 0.25) is 5.91 Å². The molecule has 4 rings (SSSR count). The van der Waals surface area contributed by atoms with Gasteiger partial charge in [-0.05, 0) is 37.1 Å². The highest BCUT2D eigenvalue weighted by Gasteiger charge is 2.18. The maximum atomic E-state index is 12.7. The molecule has 0 radical (unpaired) electrons. The first-order valence-electron chi connectivity index (χ1n) is 8.98. The summed E-state index contributed by atoms with van der Waals surface area (Å²) < 4.78 is 2.74. The molecule has 9 heteroatoms. The summed E-state index contributed by atoms with van der Waals surface area (Å²) in [6.07, 6.45) is 6.83. The molecule has 0 aliphatic heterocycles. The summed E-state index contributed by atoms with van der Waals surface area (Å²) in [5, 5.41) is 11.6. The van der Waals surface area contributed by atoms with Gasteiger partial charge in [-0.1, -0.05) is 36.1 Å². The number of halogens is 1. The van der Waals surface area contributed by atoms with Gasteiger partial charge in [0.15, 0.2) is 11.2 Å². The molecule has 2 heterocycles. The first-order valence-corrected chi connectivity index (χ1v) is 9.36. The van der Waals surface area contributed by atoms with Gasteiger partial charge in [-0.15, -0.1) is 5.10 Å². The number of amides is 1. The number of carbonyl (C=O) groups excluding carboxylic acids is 1. The molecule has 3 aromatic rings. The highest BCUT2D eigenvalue weighted by atomic mass is 35.5. The van der Waals surface area contributed by atoms with Gasteiger partial charge in [-0.25, -0.2) is 4.98 Å². The molecular formula is C18H19ClN6O2. The minimum absolute atomic E-state index is 0.0773. The van der Waals surface area contributed by atoms with Crippen molar-refractivity contribution in [3.63, 3.8) is 0 Å². The minimum atomic E-state index is -0.390. The minimum Gasteiger partial charge on any atom is -0.352 e. The monoisotopic (exact) mass is 386 g/mol. The molecule has 0 bridgehead atoms. The van der Waals surface area contributed by atoms with Crippen molar-refractivity contribution in [2.75, 3.05) is 0 Å². The van der Waals surface area contributed by atoms with E-state index in [2.05, 4.69) is 20.6 Å². The van der Waals surface area contributed by atoms with Crippen molar-refractivity contribution in [2.45, 2.75) is 44.7 Å². The van der Waals surface area contributed by atoms with Gasteiger partial charge in [0.25, 0.3) is 5.56 Å². The normalized spacial score (nSPS) is 15.1. The zero-order valence-electron chi connectivity index (χ0n) is 14.6. The predicted octanol–water partition coefficient (Wildman–Crippen LogP) is 2.08. The number of nitrogens with one attached hydrogen (secondary N) is 1. The Labute approximate surface area is 160 Å². The van der Waals surface area contributed by atoms with E-state index < -0.39 is 0 Å². The average molecular weight is 387 g/mol. The number of benzene rings is 1. The van der Waals surface area contributed by atoms with E-state index in [1.165, 1.54) is 22.0 Å². The molecule has 0 unspecified atom stereocenters. The summed E-state index contributed by atoms with van der Waals surface area (Å²) >= 11 is 5.90. The molecule has 1 aromatic carbocycles. The predicted molar refractivity (Wildman–Crippen MR) is 101 cm³/mol. The lowest BCUT2D eigenvalue weighted by molar-refractivity contribution is -0.122. The summed E-state index contributed by atoms with van der Waals surface area (Å²) in [6.45, 7) is -0.0773. The van der Waals surface area contributed by atoms with Crippen molar-refractivity contribution in [3.8, 4) is 5.69 Å². The van der Waals surface area contributed by atoms with Crippen LogP contribution in [-0.2, 0) is 11.3 Å². The van der Waals surface area contributed by atoms with Crippen LogP contribution in [0.2, 0.25) is 5.02 Å². The van der Waals surface area contributed by atoms with Crippen LogP contribution < -0.4 is 10.9 Å². The van der Waals surface area contributed by atoms with Crippen molar-refractivity contribution < 1.29 is 4.79 Å². The fraction of sp³-hybridized carbons (Fsp3) is 0.389. The molecule has 0 spiro atoms. The zero-order valence-corrected chi connectivity index (χ0v) is 15.4. The van der Waals surface area contributed by atoms with Crippen LogP contribution in [0.5, 0.6) is 0 Å². The van der Waals surface area contributed by atoms with Crippen molar-refractivity contribution in [3.05, 3.63) is 46.0 Å². The molecule has 27 heavy (non-hydrogen) atoms. The lowest BCUT2D eigenvalue weighted by Gasteiger charge is -2.22. The van der Waals surface area contributed by atoms with Crippen LogP contribution in [0.1, 0.15) is 32.1 Å². The topological polar surface area (TPSA) is 94.7 Å². The lowest BCUT2D eigenvalue weighted by Crippen LogP contribution is -2.39. The SMILES string of the molecule is O=C(Cn1cnc2c(nnn2-c2ccc(Cl)cc2)c1=O)NC1CCCCC1. The Kier molecular flexibility index (Phi) is 4.89. The first-order chi connectivity index (χ1) is 13.1. The van der Waals surface area contributed by atoms with Gasteiger partial charge in [-0.3, -0.25) is 14.2 Å². The summed E-state index contributed by atoms with van der Waals surface area (Å²) in [5.74, 6) is -0.185. The number of carbonyl (C=O) groups is 1. The number of nitrogens with zero attached hydrogens (tertiary/aromatic N) is 5. The summed E-state index contributed by atoms with van der Waals surface area (Å²) in [7, 11) is 0. The first kappa shape index (κ1) is 17.7. The van der Waals surface area contributed by atoms with Gasteiger partial charge in [0.05, 0.1) is 5.69 Å². The molecule has 1 aliphatic carbocycles. The van der Waals surface area contributed by atoms with E-state index >= 15 is 0 Å². The second-order valence-corrected chi connectivity index (χ2v) is 7.17. The van der Waals surface area contributed by atoms with E-state index in [-0.39, 0.29) is 29.6 Å². The highest BCUT2D eigenvalue weighted by molar-refractivity contribution is 6.30. The van der Waals surface area contributed by atoms with Crippen molar-refractivity contribution in [2.24, 2.45) is 0 Å². The van der Waals surface area contributed by atoms with Gasteiger partial charge in [0, 0.05) is 11.1 Å². The van der Waals surface area contributed by atoms with Crippen LogP contribution in [0.15, 0.2) is 35.4 Å².